The molecule has 3 aromatic rings. The highest BCUT2D eigenvalue weighted by molar-refractivity contribution is 5.94. The van der Waals surface area contributed by atoms with Crippen LogP contribution in [0.5, 0.6) is 0 Å². The fourth-order valence-electron chi connectivity index (χ4n) is 3.61. The van der Waals surface area contributed by atoms with Crippen molar-refractivity contribution < 1.29 is 18.1 Å². The van der Waals surface area contributed by atoms with Crippen LogP contribution in [-0.2, 0) is 6.54 Å². The Morgan fingerprint density at radius 2 is 1.64 bits per heavy atom. The van der Waals surface area contributed by atoms with Gasteiger partial charge in [-0.3, -0.25) is 4.79 Å². The number of rotatable bonds is 10. The van der Waals surface area contributed by atoms with Gasteiger partial charge >= 0.3 is 0 Å². The van der Waals surface area contributed by atoms with E-state index in [4.69, 9.17) is 4.52 Å². The van der Waals surface area contributed by atoms with Crippen molar-refractivity contribution in [1.29, 1.82) is 0 Å². The second-order valence-electron chi connectivity index (χ2n) is 8.00. The van der Waals surface area contributed by atoms with Crippen LogP contribution in [0.15, 0.2) is 53.1 Å². The van der Waals surface area contributed by atoms with Crippen molar-refractivity contribution in [3.8, 4) is 11.3 Å². The quantitative estimate of drug-likeness (QED) is 0.444. The van der Waals surface area contributed by atoms with E-state index in [1.807, 2.05) is 37.7 Å². The third-order valence-electron chi connectivity index (χ3n) is 5.49. The molecule has 176 valence electrons. The molecule has 8 heteroatoms. The molecule has 0 atom stereocenters. The zero-order valence-electron chi connectivity index (χ0n) is 19.5. The summed E-state index contributed by atoms with van der Waals surface area (Å²) in [5, 5.41) is 4.27. The fourth-order valence-corrected chi connectivity index (χ4v) is 3.61. The highest BCUT2D eigenvalue weighted by Gasteiger charge is 2.27. The Hall–Kier alpha value is -3.26. The van der Waals surface area contributed by atoms with Gasteiger partial charge in [-0.15, -0.1) is 0 Å². The van der Waals surface area contributed by atoms with Gasteiger partial charge in [-0.05, 0) is 64.3 Å². The van der Waals surface area contributed by atoms with E-state index in [0.717, 1.165) is 0 Å². The fraction of sp³-hybridized carbons (Fsp3) is 0.360. The first-order valence-corrected chi connectivity index (χ1v) is 11.0. The third kappa shape index (κ3) is 5.76. The first-order chi connectivity index (χ1) is 15.8. The Morgan fingerprint density at radius 3 is 2.24 bits per heavy atom. The molecule has 0 saturated carbocycles. The lowest BCUT2D eigenvalue weighted by atomic mass is 10.1. The molecule has 0 bridgehead atoms. The van der Waals surface area contributed by atoms with E-state index in [-0.39, 0.29) is 17.9 Å². The minimum atomic E-state index is -0.564. The number of hydrogen-bond acceptors (Lipinski definition) is 5. The van der Waals surface area contributed by atoms with Gasteiger partial charge in [-0.25, -0.2) is 8.78 Å². The Bertz CT molecular complexity index is 1060. The second kappa shape index (κ2) is 11.0. The number of halogens is 2. The van der Waals surface area contributed by atoms with Crippen LogP contribution in [0.25, 0.3) is 11.3 Å². The number of hydrogen-bond donors (Lipinski definition) is 0. The van der Waals surface area contributed by atoms with Crippen molar-refractivity contribution in [1.82, 2.24) is 15.0 Å². The van der Waals surface area contributed by atoms with Gasteiger partial charge in [0, 0.05) is 31.7 Å². The summed E-state index contributed by atoms with van der Waals surface area (Å²) in [4.78, 5) is 18.9. The number of likely N-dealkylation sites (N-methyl/N-ethyl adjacent to an activating group) is 1. The van der Waals surface area contributed by atoms with Crippen LogP contribution in [0.2, 0.25) is 0 Å². The van der Waals surface area contributed by atoms with Gasteiger partial charge in [0.25, 0.3) is 5.91 Å². The van der Waals surface area contributed by atoms with E-state index in [1.165, 1.54) is 24.3 Å². The lowest BCUT2D eigenvalue weighted by Crippen LogP contribution is -2.37. The lowest BCUT2D eigenvalue weighted by molar-refractivity contribution is 0.0727. The highest BCUT2D eigenvalue weighted by atomic mass is 19.1. The molecule has 0 aliphatic carbocycles. The van der Waals surface area contributed by atoms with Crippen molar-refractivity contribution in [2.24, 2.45) is 0 Å². The van der Waals surface area contributed by atoms with Gasteiger partial charge in [0.1, 0.15) is 17.3 Å². The summed E-state index contributed by atoms with van der Waals surface area (Å²) < 4.78 is 33.7. The second-order valence-corrected chi connectivity index (χ2v) is 8.00. The zero-order valence-corrected chi connectivity index (χ0v) is 19.5. The van der Waals surface area contributed by atoms with E-state index in [1.54, 1.807) is 29.2 Å². The predicted molar refractivity (Wildman–Crippen MR) is 125 cm³/mol. The first kappa shape index (κ1) is 24.4. The van der Waals surface area contributed by atoms with Crippen molar-refractivity contribution in [2.45, 2.75) is 20.4 Å². The molecule has 3 rings (SSSR count). The molecule has 0 aliphatic heterocycles. The molecule has 0 N–H and O–H groups in total. The smallest absolute Gasteiger partial charge is 0.257 e. The van der Waals surface area contributed by atoms with Gasteiger partial charge in [0.05, 0.1) is 17.7 Å². The molecule has 0 radical (unpaired) electrons. The molecule has 0 unspecified atom stereocenters. The maximum Gasteiger partial charge on any atom is 0.257 e. The van der Waals surface area contributed by atoms with Crippen LogP contribution in [0.1, 0.15) is 29.8 Å². The number of nitrogens with zero attached hydrogens (tertiary/aromatic N) is 4. The highest BCUT2D eigenvalue weighted by Crippen LogP contribution is 2.33. The summed E-state index contributed by atoms with van der Waals surface area (Å²) in [7, 11) is 3.83. The van der Waals surface area contributed by atoms with E-state index in [9.17, 15) is 13.6 Å². The number of carbonyl (C=O) groups excluding carboxylic acids is 1. The largest absolute Gasteiger partial charge is 0.341 e. The first-order valence-electron chi connectivity index (χ1n) is 11.0. The molecule has 1 amide bonds. The van der Waals surface area contributed by atoms with Crippen LogP contribution >= 0.6 is 0 Å². The van der Waals surface area contributed by atoms with Gasteiger partial charge < -0.3 is 19.2 Å². The van der Waals surface area contributed by atoms with Crippen LogP contribution in [0.3, 0.4) is 0 Å². The molecule has 0 aliphatic rings. The zero-order chi connectivity index (χ0) is 24.0. The summed E-state index contributed by atoms with van der Waals surface area (Å²) in [6, 6.07) is 11.9. The van der Waals surface area contributed by atoms with Gasteiger partial charge in [0.2, 0.25) is 5.88 Å². The van der Waals surface area contributed by atoms with E-state index < -0.39 is 11.7 Å². The van der Waals surface area contributed by atoms with Gasteiger partial charge in [-0.1, -0.05) is 17.3 Å². The molecule has 1 heterocycles. The molecule has 0 saturated heterocycles. The van der Waals surface area contributed by atoms with Gasteiger partial charge in [-0.2, -0.15) is 0 Å². The van der Waals surface area contributed by atoms with Gasteiger partial charge in [0.15, 0.2) is 0 Å². The van der Waals surface area contributed by atoms with Crippen molar-refractivity contribution in [3.05, 3.63) is 71.3 Å². The molecule has 6 nitrogen and oxygen atoms in total. The number of anilines is 1. The standard InChI is InChI=1S/C25H30F2N4O2/c1-5-30(6-2)25-21(23(28-33-25)18-11-13-19(26)14-12-18)17-31(16-15-29(3)4)24(32)20-9-7-8-10-22(20)27/h7-14H,5-6,15-17H2,1-4H3. The third-order valence-corrected chi connectivity index (χ3v) is 5.49. The Morgan fingerprint density at radius 1 is 0.970 bits per heavy atom. The number of carbonyl (C=O) groups is 1. The van der Waals surface area contributed by atoms with Crippen LogP contribution in [0, 0.1) is 11.6 Å². The van der Waals surface area contributed by atoms with Crippen LogP contribution < -0.4 is 4.90 Å². The van der Waals surface area contributed by atoms with Crippen LogP contribution in [0.4, 0.5) is 14.7 Å². The Kier molecular flexibility index (Phi) is 8.16. The predicted octanol–water partition coefficient (Wildman–Crippen LogP) is 4.67. The average molecular weight is 457 g/mol. The van der Waals surface area contributed by atoms with E-state index in [0.29, 0.717) is 48.9 Å². The SMILES string of the molecule is CCN(CC)c1onc(-c2ccc(F)cc2)c1CN(CCN(C)C)C(=O)c1ccccc1F. The number of benzene rings is 2. The maximum atomic E-state index is 14.4. The molecule has 0 spiro atoms. The minimum absolute atomic E-state index is 0.0143. The molecule has 0 fully saturated rings. The molecular formula is C25H30F2N4O2. The maximum absolute atomic E-state index is 14.4. The lowest BCUT2D eigenvalue weighted by Gasteiger charge is -2.26. The summed E-state index contributed by atoms with van der Waals surface area (Å²) in [6.07, 6.45) is 0. The summed E-state index contributed by atoms with van der Waals surface area (Å²) in [6.45, 7) is 6.51. The normalized spacial score (nSPS) is 11.1. The summed E-state index contributed by atoms with van der Waals surface area (Å²) in [5.74, 6) is -0.775. The number of amides is 1. The number of aromatic nitrogens is 1. The molecular weight excluding hydrogens is 426 g/mol. The summed E-state index contributed by atoms with van der Waals surface area (Å²) in [5.41, 5.74) is 1.93. The summed E-state index contributed by atoms with van der Waals surface area (Å²) >= 11 is 0. The molecule has 2 aromatic carbocycles. The monoisotopic (exact) mass is 456 g/mol. The van der Waals surface area contributed by atoms with Crippen LogP contribution in [-0.4, -0.2) is 61.1 Å². The molecule has 1 aromatic heterocycles. The van der Waals surface area contributed by atoms with E-state index >= 15 is 0 Å². The van der Waals surface area contributed by atoms with Crippen molar-refractivity contribution in [3.63, 3.8) is 0 Å². The average Bonchev–Trinajstić information content (AvgIpc) is 3.21. The van der Waals surface area contributed by atoms with Crippen molar-refractivity contribution in [2.75, 3.05) is 45.2 Å². The molecule has 33 heavy (non-hydrogen) atoms. The Labute approximate surface area is 193 Å². The van der Waals surface area contributed by atoms with E-state index in [2.05, 4.69) is 5.16 Å². The minimum Gasteiger partial charge on any atom is -0.341 e. The Balaban J connectivity index is 2.06. The van der Waals surface area contributed by atoms with Crippen molar-refractivity contribution >= 4 is 11.8 Å². The topological polar surface area (TPSA) is 52.8 Å².